The van der Waals surface area contributed by atoms with Gasteiger partial charge in [0.05, 0.1) is 7.11 Å². The summed E-state index contributed by atoms with van der Waals surface area (Å²) < 4.78 is 0. The van der Waals surface area contributed by atoms with Crippen LogP contribution in [0.5, 0.6) is 0 Å². The van der Waals surface area contributed by atoms with Crippen molar-refractivity contribution >= 4 is 11.8 Å². The molecule has 0 radical (unpaired) electrons. The lowest BCUT2D eigenvalue weighted by molar-refractivity contribution is -0.138. The second kappa shape index (κ2) is 4.06. The normalized spacial score (nSPS) is 23.1. The minimum atomic E-state index is -0.425. The fraction of sp³-hybridized carbons (Fsp3) is 0.714. The Bertz CT molecular complexity index is 193. The van der Waals surface area contributed by atoms with E-state index in [4.69, 9.17) is 0 Å². The van der Waals surface area contributed by atoms with Crippen LogP contribution in [-0.4, -0.2) is 25.0 Å². The average molecular weight is 172 g/mol. The molecule has 0 spiro atoms. The first-order valence-corrected chi connectivity index (χ1v) is 3.86. The fourth-order valence-corrected chi connectivity index (χ4v) is 1.17. The zero-order chi connectivity index (χ0) is 8.97. The zero-order valence-electron chi connectivity index (χ0n) is 6.92. The maximum atomic E-state index is 11.1. The zero-order valence-corrected chi connectivity index (χ0v) is 6.92. The van der Waals surface area contributed by atoms with E-state index in [1.54, 1.807) is 0 Å². The summed E-state index contributed by atoms with van der Waals surface area (Å²) in [7, 11) is 1.36. The number of hydrogen-bond donors (Lipinski definition) is 2. The van der Waals surface area contributed by atoms with Crippen molar-refractivity contribution < 1.29 is 14.4 Å². The highest BCUT2D eigenvalue weighted by atomic mass is 16.6. The van der Waals surface area contributed by atoms with Crippen molar-refractivity contribution in [1.82, 2.24) is 10.8 Å². The van der Waals surface area contributed by atoms with Crippen molar-refractivity contribution in [2.75, 3.05) is 7.11 Å². The predicted molar refractivity (Wildman–Crippen MR) is 40.9 cm³/mol. The van der Waals surface area contributed by atoms with Gasteiger partial charge in [-0.2, -0.15) is 0 Å². The van der Waals surface area contributed by atoms with Gasteiger partial charge in [0.15, 0.2) is 0 Å². The topological polar surface area (TPSA) is 67.4 Å². The highest BCUT2D eigenvalue weighted by Gasteiger charge is 2.24. The second-order valence-electron chi connectivity index (χ2n) is 2.68. The van der Waals surface area contributed by atoms with Gasteiger partial charge in [-0.1, -0.05) is 0 Å². The number of carbonyl (C=O) groups is 2. The summed E-state index contributed by atoms with van der Waals surface area (Å²) in [5.41, 5.74) is 2.18. The second-order valence-corrected chi connectivity index (χ2v) is 2.68. The number of rotatable bonds is 2. The molecule has 1 saturated heterocycles. The van der Waals surface area contributed by atoms with Gasteiger partial charge in [-0.3, -0.25) is 14.4 Å². The molecule has 1 fully saturated rings. The van der Waals surface area contributed by atoms with Gasteiger partial charge in [0, 0.05) is 6.42 Å². The Morgan fingerprint density at radius 2 is 2.50 bits per heavy atom. The van der Waals surface area contributed by atoms with Crippen molar-refractivity contribution in [1.29, 1.82) is 0 Å². The molecule has 1 atom stereocenters. The Morgan fingerprint density at radius 3 is 3.08 bits per heavy atom. The maximum absolute atomic E-state index is 11.1. The van der Waals surface area contributed by atoms with Crippen LogP contribution in [0.3, 0.4) is 0 Å². The van der Waals surface area contributed by atoms with Gasteiger partial charge in [-0.15, -0.1) is 0 Å². The van der Waals surface area contributed by atoms with Crippen LogP contribution in [0.2, 0.25) is 0 Å². The summed E-state index contributed by atoms with van der Waals surface area (Å²) in [5.74, 6) is -0.358. The molecule has 1 aliphatic rings. The van der Waals surface area contributed by atoms with E-state index in [0.717, 1.165) is 6.42 Å². The van der Waals surface area contributed by atoms with Crippen molar-refractivity contribution in [3.05, 3.63) is 0 Å². The largest absolute Gasteiger partial charge is 0.344 e. The smallest absolute Gasteiger partial charge is 0.266 e. The Labute approximate surface area is 70.4 Å². The molecule has 1 rings (SSSR count). The molecule has 5 heteroatoms. The molecule has 1 aliphatic heterocycles. The van der Waals surface area contributed by atoms with E-state index in [-0.39, 0.29) is 11.8 Å². The van der Waals surface area contributed by atoms with Crippen LogP contribution >= 0.6 is 0 Å². The summed E-state index contributed by atoms with van der Waals surface area (Å²) in [6.45, 7) is 0. The molecule has 2 N–H and O–H groups in total. The molecule has 0 aromatic carbocycles. The number of hydrogen-bond acceptors (Lipinski definition) is 3. The maximum Gasteiger partial charge on any atom is 0.266 e. The third-order valence-electron chi connectivity index (χ3n) is 1.75. The van der Waals surface area contributed by atoms with Crippen LogP contribution < -0.4 is 10.8 Å². The molecule has 2 amide bonds. The lowest BCUT2D eigenvalue weighted by Gasteiger charge is -2.21. The Balaban J connectivity index is 2.40. The molecular formula is C7H12N2O3. The number of piperidine rings is 1. The van der Waals surface area contributed by atoms with Crippen LogP contribution in [0.4, 0.5) is 0 Å². The van der Waals surface area contributed by atoms with Crippen LogP contribution in [0, 0.1) is 0 Å². The van der Waals surface area contributed by atoms with Gasteiger partial charge in [-0.05, 0) is 12.8 Å². The van der Waals surface area contributed by atoms with Crippen LogP contribution in [0.15, 0.2) is 0 Å². The molecule has 0 aliphatic carbocycles. The minimum Gasteiger partial charge on any atom is -0.344 e. The fourth-order valence-electron chi connectivity index (χ4n) is 1.17. The molecule has 68 valence electrons. The molecule has 5 nitrogen and oxygen atoms in total. The van der Waals surface area contributed by atoms with Gasteiger partial charge in [0.2, 0.25) is 5.91 Å². The number of nitrogens with one attached hydrogen (secondary N) is 2. The third kappa shape index (κ3) is 2.20. The van der Waals surface area contributed by atoms with Crippen molar-refractivity contribution in [2.24, 2.45) is 0 Å². The summed E-state index contributed by atoms with van der Waals surface area (Å²) in [6.07, 6.45) is 1.95. The molecule has 1 unspecified atom stereocenters. The molecule has 0 aromatic heterocycles. The number of amides is 2. The first kappa shape index (κ1) is 8.99. The highest BCUT2D eigenvalue weighted by Crippen LogP contribution is 2.07. The molecule has 1 heterocycles. The van der Waals surface area contributed by atoms with Crippen LogP contribution in [-0.2, 0) is 14.4 Å². The Hall–Kier alpha value is -1.10. The lowest BCUT2D eigenvalue weighted by Crippen LogP contribution is -2.48. The lowest BCUT2D eigenvalue weighted by atomic mass is 10.0. The van der Waals surface area contributed by atoms with E-state index in [1.807, 2.05) is 0 Å². The number of carbonyl (C=O) groups excluding carboxylic acids is 2. The van der Waals surface area contributed by atoms with E-state index in [0.29, 0.717) is 12.8 Å². The summed E-state index contributed by atoms with van der Waals surface area (Å²) in [5, 5.41) is 2.57. The van der Waals surface area contributed by atoms with Gasteiger partial charge in [0.1, 0.15) is 6.04 Å². The molecule has 0 saturated carbocycles. The highest BCUT2D eigenvalue weighted by molar-refractivity contribution is 5.88. The SMILES string of the molecule is CONC(=O)C1CCCC(=O)N1. The minimum absolute atomic E-state index is 0.0718. The Kier molecular flexibility index (Phi) is 3.04. The Morgan fingerprint density at radius 1 is 1.75 bits per heavy atom. The monoisotopic (exact) mass is 172 g/mol. The van der Waals surface area contributed by atoms with Gasteiger partial charge < -0.3 is 5.32 Å². The average Bonchev–Trinajstić information content (AvgIpc) is 2.05. The van der Waals surface area contributed by atoms with Crippen molar-refractivity contribution in [2.45, 2.75) is 25.3 Å². The molecule has 0 aromatic rings. The first-order valence-electron chi connectivity index (χ1n) is 3.86. The summed E-state index contributed by atoms with van der Waals surface area (Å²) in [6, 6.07) is -0.425. The van der Waals surface area contributed by atoms with Gasteiger partial charge in [-0.25, -0.2) is 5.48 Å². The standard InChI is InChI=1S/C7H12N2O3/c1-12-9-7(11)5-3-2-4-6(10)8-5/h5H,2-4H2,1H3,(H,8,10)(H,9,11). The van der Waals surface area contributed by atoms with E-state index in [1.165, 1.54) is 7.11 Å². The van der Waals surface area contributed by atoms with Crippen LogP contribution in [0.25, 0.3) is 0 Å². The van der Waals surface area contributed by atoms with Gasteiger partial charge in [0.25, 0.3) is 5.91 Å². The predicted octanol–water partition coefficient (Wildman–Crippen LogP) is -0.667. The van der Waals surface area contributed by atoms with E-state index < -0.39 is 6.04 Å². The summed E-state index contributed by atoms with van der Waals surface area (Å²) in [4.78, 5) is 26.4. The molecule has 0 bridgehead atoms. The van der Waals surface area contributed by atoms with Crippen molar-refractivity contribution in [3.63, 3.8) is 0 Å². The molecule has 12 heavy (non-hydrogen) atoms. The third-order valence-corrected chi connectivity index (χ3v) is 1.75. The van der Waals surface area contributed by atoms with E-state index in [9.17, 15) is 9.59 Å². The first-order chi connectivity index (χ1) is 5.74. The van der Waals surface area contributed by atoms with Crippen LogP contribution in [0.1, 0.15) is 19.3 Å². The number of hydroxylamine groups is 1. The van der Waals surface area contributed by atoms with E-state index >= 15 is 0 Å². The quantitative estimate of drug-likeness (QED) is 0.543. The van der Waals surface area contributed by atoms with E-state index in [2.05, 4.69) is 15.6 Å². The van der Waals surface area contributed by atoms with Gasteiger partial charge >= 0.3 is 0 Å². The van der Waals surface area contributed by atoms with Crippen molar-refractivity contribution in [3.8, 4) is 0 Å². The molecular weight excluding hydrogens is 160 g/mol. The summed E-state index contributed by atoms with van der Waals surface area (Å²) >= 11 is 0.